The maximum absolute atomic E-state index is 12.8. The van der Waals surface area contributed by atoms with Gasteiger partial charge in [-0.25, -0.2) is 9.97 Å². The van der Waals surface area contributed by atoms with Crippen LogP contribution in [0.5, 0.6) is 0 Å². The van der Waals surface area contributed by atoms with Crippen molar-refractivity contribution >= 4 is 5.82 Å². The fraction of sp³-hybridized carbons (Fsp3) is 0.421. The minimum Gasteiger partial charge on any atom is -0.424 e. The number of piperidine rings is 1. The molecule has 2 N–H and O–H groups in total. The highest BCUT2D eigenvalue weighted by atomic mass is 16.4. The molecule has 0 amide bonds. The second-order valence-corrected chi connectivity index (χ2v) is 7.65. The number of pyridine rings is 1. The predicted octanol–water partition coefficient (Wildman–Crippen LogP) is 1.20. The number of nitrogen functional groups attached to an aromatic ring is 1. The smallest absolute Gasteiger partial charge is 0.251 e. The molecule has 1 saturated heterocycles. The third kappa shape index (κ3) is 3.07. The molecule has 0 unspecified atom stereocenters. The van der Waals surface area contributed by atoms with Crippen molar-refractivity contribution in [1.29, 1.82) is 0 Å². The first-order chi connectivity index (χ1) is 13.5. The van der Waals surface area contributed by atoms with E-state index in [2.05, 4.69) is 31.1 Å². The molecule has 1 fully saturated rings. The summed E-state index contributed by atoms with van der Waals surface area (Å²) in [6.07, 6.45) is 2.50. The van der Waals surface area contributed by atoms with Crippen LogP contribution in [0.3, 0.4) is 0 Å². The van der Waals surface area contributed by atoms with Gasteiger partial charge in [0.05, 0.1) is 12.2 Å². The summed E-state index contributed by atoms with van der Waals surface area (Å²) in [5, 5.41) is 8.03. The summed E-state index contributed by atoms with van der Waals surface area (Å²) < 4.78 is 7.46. The predicted molar refractivity (Wildman–Crippen MR) is 101 cm³/mol. The minimum atomic E-state index is 0.0142. The monoisotopic (exact) mass is 379 g/mol. The molecule has 0 radical (unpaired) electrons. The first-order valence-electron chi connectivity index (χ1n) is 9.39. The lowest BCUT2D eigenvalue weighted by Crippen LogP contribution is -2.46. The molecule has 0 saturated carbocycles. The van der Waals surface area contributed by atoms with Gasteiger partial charge in [0.1, 0.15) is 12.1 Å². The van der Waals surface area contributed by atoms with Gasteiger partial charge in [-0.15, -0.1) is 10.2 Å². The summed E-state index contributed by atoms with van der Waals surface area (Å²) in [7, 11) is 0. The highest BCUT2D eigenvalue weighted by Crippen LogP contribution is 2.36. The van der Waals surface area contributed by atoms with Gasteiger partial charge in [-0.1, -0.05) is 0 Å². The van der Waals surface area contributed by atoms with Crippen molar-refractivity contribution < 1.29 is 4.42 Å². The average molecular weight is 379 g/mol. The van der Waals surface area contributed by atoms with Crippen molar-refractivity contribution in [3.63, 3.8) is 0 Å². The standard InChI is InChI=1S/C19H21N7O2/c1-11-23-24-18(28-11)9-25-6-12-2-14(8-25)16-3-13(4-19(27)26(16)7-12)15-5-17(20)22-10-21-15/h3-5,10,12,14H,2,6-9H2,1H3,(H2,20,21,22)/t12-,14+/m0/s1. The summed E-state index contributed by atoms with van der Waals surface area (Å²) in [6.45, 7) is 4.95. The molecule has 5 rings (SSSR count). The van der Waals surface area contributed by atoms with E-state index in [9.17, 15) is 4.79 Å². The lowest BCUT2D eigenvalue weighted by Gasteiger charge is -2.42. The minimum absolute atomic E-state index is 0.0142. The van der Waals surface area contributed by atoms with E-state index in [1.165, 1.54) is 6.33 Å². The number of nitrogens with two attached hydrogens (primary N) is 1. The fourth-order valence-electron chi connectivity index (χ4n) is 4.46. The van der Waals surface area contributed by atoms with Crippen LogP contribution in [0.4, 0.5) is 5.82 Å². The van der Waals surface area contributed by atoms with E-state index in [-0.39, 0.29) is 11.5 Å². The lowest BCUT2D eigenvalue weighted by molar-refractivity contribution is 0.106. The van der Waals surface area contributed by atoms with E-state index in [1.807, 2.05) is 4.57 Å². The highest BCUT2D eigenvalue weighted by Gasteiger charge is 2.35. The summed E-state index contributed by atoms with van der Waals surface area (Å²) in [4.78, 5) is 23.3. The molecule has 2 aliphatic heterocycles. The van der Waals surface area contributed by atoms with Gasteiger partial charge in [0, 0.05) is 55.9 Å². The van der Waals surface area contributed by atoms with Crippen LogP contribution in [0.15, 0.2) is 33.7 Å². The number of aryl methyl sites for hydroxylation is 1. The first-order valence-corrected chi connectivity index (χ1v) is 9.39. The van der Waals surface area contributed by atoms with E-state index in [0.29, 0.717) is 35.8 Å². The topological polar surface area (TPSA) is 116 Å². The van der Waals surface area contributed by atoms with Crippen molar-refractivity contribution in [3.05, 3.63) is 52.4 Å². The molecule has 5 heterocycles. The Kier molecular flexibility index (Phi) is 3.97. The number of rotatable bonds is 3. The van der Waals surface area contributed by atoms with Gasteiger partial charge in [0.25, 0.3) is 5.56 Å². The van der Waals surface area contributed by atoms with Crippen molar-refractivity contribution in [2.45, 2.75) is 32.4 Å². The molecule has 144 valence electrons. The summed E-state index contributed by atoms with van der Waals surface area (Å²) >= 11 is 0. The number of aromatic nitrogens is 5. The van der Waals surface area contributed by atoms with Crippen LogP contribution in [-0.4, -0.2) is 42.7 Å². The molecule has 2 atom stereocenters. The van der Waals surface area contributed by atoms with E-state index in [4.69, 9.17) is 10.2 Å². The van der Waals surface area contributed by atoms with Crippen molar-refractivity contribution in [2.24, 2.45) is 5.92 Å². The average Bonchev–Trinajstić information content (AvgIpc) is 3.07. The summed E-state index contributed by atoms with van der Waals surface area (Å²) in [5.74, 6) is 2.33. The highest BCUT2D eigenvalue weighted by molar-refractivity contribution is 5.61. The number of anilines is 1. The molecular weight excluding hydrogens is 358 g/mol. The number of hydrogen-bond acceptors (Lipinski definition) is 8. The molecule has 2 bridgehead atoms. The molecule has 0 spiro atoms. The Hall–Kier alpha value is -3.07. The van der Waals surface area contributed by atoms with Crippen LogP contribution in [0.25, 0.3) is 11.3 Å². The van der Waals surface area contributed by atoms with E-state index in [1.54, 1.807) is 19.1 Å². The van der Waals surface area contributed by atoms with Gasteiger partial charge in [-0.2, -0.15) is 0 Å². The Morgan fingerprint density at radius 3 is 2.86 bits per heavy atom. The molecule has 9 nitrogen and oxygen atoms in total. The van der Waals surface area contributed by atoms with E-state index < -0.39 is 0 Å². The fourth-order valence-corrected chi connectivity index (χ4v) is 4.46. The number of likely N-dealkylation sites (tertiary alicyclic amines) is 1. The maximum Gasteiger partial charge on any atom is 0.251 e. The molecule has 3 aromatic rings. The van der Waals surface area contributed by atoms with E-state index in [0.717, 1.165) is 37.3 Å². The molecule has 3 aromatic heterocycles. The van der Waals surface area contributed by atoms with Crippen molar-refractivity contribution in [1.82, 2.24) is 29.6 Å². The van der Waals surface area contributed by atoms with Crippen LogP contribution in [0, 0.1) is 12.8 Å². The number of hydrogen-bond donors (Lipinski definition) is 1. The van der Waals surface area contributed by atoms with Gasteiger partial charge >= 0.3 is 0 Å². The molecular formula is C19H21N7O2. The maximum atomic E-state index is 12.8. The number of fused-ring (bicyclic) bond motifs is 4. The first kappa shape index (κ1) is 17.1. The van der Waals surface area contributed by atoms with Gasteiger partial charge in [-0.3, -0.25) is 9.69 Å². The second-order valence-electron chi connectivity index (χ2n) is 7.65. The Balaban J connectivity index is 1.47. The molecule has 9 heteroatoms. The van der Waals surface area contributed by atoms with E-state index >= 15 is 0 Å². The third-order valence-electron chi connectivity index (χ3n) is 5.54. The van der Waals surface area contributed by atoms with Crippen molar-refractivity contribution in [2.75, 3.05) is 18.8 Å². The number of nitrogens with zero attached hydrogens (tertiary/aromatic N) is 6. The second kappa shape index (κ2) is 6.52. The Morgan fingerprint density at radius 2 is 2.07 bits per heavy atom. The molecule has 2 aliphatic rings. The van der Waals surface area contributed by atoms with Gasteiger partial charge in [0.2, 0.25) is 11.8 Å². The van der Waals surface area contributed by atoms with Crippen LogP contribution in [0.1, 0.15) is 29.8 Å². The van der Waals surface area contributed by atoms with Crippen LogP contribution in [-0.2, 0) is 13.1 Å². The third-order valence-corrected chi connectivity index (χ3v) is 5.54. The Bertz CT molecular complexity index is 1090. The quantitative estimate of drug-likeness (QED) is 0.722. The van der Waals surface area contributed by atoms with Gasteiger partial charge in [-0.05, 0) is 18.4 Å². The zero-order valence-electron chi connectivity index (χ0n) is 15.6. The Labute approximate surface area is 161 Å². The van der Waals surface area contributed by atoms with Crippen LogP contribution >= 0.6 is 0 Å². The summed E-state index contributed by atoms with van der Waals surface area (Å²) in [5.41, 5.74) is 8.31. The zero-order valence-corrected chi connectivity index (χ0v) is 15.6. The normalized spacial score (nSPS) is 21.5. The largest absolute Gasteiger partial charge is 0.424 e. The van der Waals surface area contributed by atoms with Gasteiger partial charge < -0.3 is 14.7 Å². The van der Waals surface area contributed by atoms with Crippen molar-refractivity contribution in [3.8, 4) is 11.3 Å². The lowest BCUT2D eigenvalue weighted by atomic mass is 9.82. The van der Waals surface area contributed by atoms with Crippen LogP contribution < -0.4 is 11.3 Å². The van der Waals surface area contributed by atoms with Crippen LogP contribution in [0.2, 0.25) is 0 Å². The SMILES string of the molecule is Cc1nnc(CN2C[C@@H]3C[C@H](C2)c2cc(-c4cc(N)ncn4)cc(=O)n2C3)o1. The van der Waals surface area contributed by atoms with Gasteiger partial charge in [0.15, 0.2) is 0 Å². The molecule has 0 aromatic carbocycles. The zero-order chi connectivity index (χ0) is 19.3. The molecule has 0 aliphatic carbocycles. The molecule has 28 heavy (non-hydrogen) atoms. The summed E-state index contributed by atoms with van der Waals surface area (Å²) in [6, 6.07) is 5.41. The Morgan fingerprint density at radius 1 is 1.18 bits per heavy atom.